The lowest BCUT2D eigenvalue weighted by Gasteiger charge is -2.10. The molecule has 2 N–H and O–H groups in total. The Bertz CT molecular complexity index is 771. The number of benzene rings is 1. The van der Waals surface area contributed by atoms with Crippen molar-refractivity contribution >= 4 is 45.6 Å². The van der Waals surface area contributed by atoms with Crippen LogP contribution in [0.15, 0.2) is 36.8 Å². The maximum absolute atomic E-state index is 13.1. The SMILES string of the molecule is CNc1cn2ccnc2c(Nc2ccc(F)cc2I)n1. The van der Waals surface area contributed by atoms with Crippen LogP contribution in [-0.4, -0.2) is 21.4 Å². The Kier molecular flexibility index (Phi) is 3.43. The summed E-state index contributed by atoms with van der Waals surface area (Å²) < 4.78 is 15.8. The lowest BCUT2D eigenvalue weighted by Crippen LogP contribution is -2.03. The molecule has 0 atom stereocenters. The van der Waals surface area contributed by atoms with Crippen LogP contribution < -0.4 is 10.6 Å². The van der Waals surface area contributed by atoms with E-state index in [2.05, 4.69) is 43.2 Å². The van der Waals surface area contributed by atoms with Gasteiger partial charge in [0.25, 0.3) is 0 Å². The van der Waals surface area contributed by atoms with Gasteiger partial charge in [0.15, 0.2) is 11.5 Å². The number of hydrogen-bond donors (Lipinski definition) is 2. The van der Waals surface area contributed by atoms with Crippen LogP contribution in [0.5, 0.6) is 0 Å². The zero-order chi connectivity index (χ0) is 14.1. The molecular weight excluding hydrogens is 372 g/mol. The highest BCUT2D eigenvalue weighted by atomic mass is 127. The van der Waals surface area contributed by atoms with Crippen LogP contribution in [0.4, 0.5) is 21.7 Å². The van der Waals surface area contributed by atoms with Gasteiger partial charge >= 0.3 is 0 Å². The Balaban J connectivity index is 2.07. The van der Waals surface area contributed by atoms with Gasteiger partial charge < -0.3 is 15.0 Å². The minimum absolute atomic E-state index is 0.261. The lowest BCUT2D eigenvalue weighted by atomic mass is 10.3. The zero-order valence-corrected chi connectivity index (χ0v) is 12.7. The van der Waals surface area contributed by atoms with Crippen molar-refractivity contribution in [2.75, 3.05) is 17.7 Å². The first-order valence-electron chi connectivity index (χ1n) is 5.91. The van der Waals surface area contributed by atoms with Gasteiger partial charge in [-0.05, 0) is 40.8 Å². The van der Waals surface area contributed by atoms with Gasteiger partial charge in [0.05, 0.1) is 11.9 Å². The second-order valence-electron chi connectivity index (χ2n) is 4.13. The first-order chi connectivity index (χ1) is 9.67. The average molecular weight is 383 g/mol. The fourth-order valence-corrected chi connectivity index (χ4v) is 2.47. The van der Waals surface area contributed by atoms with Gasteiger partial charge in [0.2, 0.25) is 0 Å². The molecule has 0 saturated carbocycles. The topological polar surface area (TPSA) is 54.2 Å². The summed E-state index contributed by atoms with van der Waals surface area (Å²) >= 11 is 2.08. The Morgan fingerprint density at radius 2 is 2.20 bits per heavy atom. The summed E-state index contributed by atoms with van der Waals surface area (Å²) in [6.45, 7) is 0. The number of hydrogen-bond acceptors (Lipinski definition) is 4. The first kappa shape index (κ1) is 13.1. The van der Waals surface area contributed by atoms with Crippen molar-refractivity contribution < 1.29 is 4.39 Å². The quantitative estimate of drug-likeness (QED) is 0.682. The van der Waals surface area contributed by atoms with Crippen LogP contribution in [-0.2, 0) is 0 Å². The van der Waals surface area contributed by atoms with Crippen LogP contribution in [0.1, 0.15) is 0 Å². The maximum atomic E-state index is 13.1. The molecule has 2 aromatic heterocycles. The van der Waals surface area contributed by atoms with Gasteiger partial charge in [-0.25, -0.2) is 14.4 Å². The molecule has 0 aliphatic carbocycles. The third-order valence-electron chi connectivity index (χ3n) is 2.81. The lowest BCUT2D eigenvalue weighted by molar-refractivity contribution is 0.627. The van der Waals surface area contributed by atoms with Gasteiger partial charge in [-0.15, -0.1) is 0 Å². The molecule has 0 aliphatic heterocycles. The van der Waals surface area contributed by atoms with Crippen molar-refractivity contribution in [3.05, 3.63) is 46.2 Å². The molecule has 5 nitrogen and oxygen atoms in total. The molecule has 2 heterocycles. The molecule has 0 unspecified atom stereocenters. The molecule has 0 aliphatic rings. The standard InChI is InChI=1S/C13H11FIN5/c1-16-11-7-20-5-4-17-13(20)12(19-11)18-10-3-2-8(14)6-9(10)15/h2-7,16H,1H3,(H,18,19). The van der Waals surface area contributed by atoms with E-state index in [-0.39, 0.29) is 5.82 Å². The molecule has 0 bridgehead atoms. The summed E-state index contributed by atoms with van der Waals surface area (Å²) in [5, 5.41) is 6.19. The van der Waals surface area contributed by atoms with E-state index in [0.29, 0.717) is 11.5 Å². The van der Waals surface area contributed by atoms with Crippen LogP contribution >= 0.6 is 22.6 Å². The minimum Gasteiger partial charge on any atom is -0.372 e. The highest BCUT2D eigenvalue weighted by Gasteiger charge is 2.09. The minimum atomic E-state index is -0.261. The molecule has 20 heavy (non-hydrogen) atoms. The van der Waals surface area contributed by atoms with Crippen molar-refractivity contribution in [3.8, 4) is 0 Å². The van der Waals surface area contributed by atoms with E-state index in [9.17, 15) is 4.39 Å². The largest absolute Gasteiger partial charge is 0.372 e. The van der Waals surface area contributed by atoms with Gasteiger partial charge in [0.1, 0.15) is 11.6 Å². The molecule has 0 radical (unpaired) electrons. The van der Waals surface area contributed by atoms with Crippen molar-refractivity contribution in [2.24, 2.45) is 0 Å². The Hall–Kier alpha value is -1.90. The molecule has 3 rings (SSSR count). The third-order valence-corrected chi connectivity index (χ3v) is 3.71. The smallest absolute Gasteiger partial charge is 0.180 e. The van der Waals surface area contributed by atoms with Crippen LogP contribution in [0, 0.1) is 9.39 Å². The Labute approximate surface area is 128 Å². The van der Waals surface area contributed by atoms with E-state index in [1.807, 2.05) is 16.8 Å². The molecule has 0 spiro atoms. The number of aromatic nitrogens is 3. The van der Waals surface area contributed by atoms with Gasteiger partial charge in [-0.1, -0.05) is 0 Å². The molecule has 7 heteroatoms. The molecule has 0 fully saturated rings. The predicted molar refractivity (Wildman–Crippen MR) is 84.9 cm³/mol. The molecular formula is C13H11FIN5. The molecule has 0 amide bonds. The number of fused-ring (bicyclic) bond motifs is 1. The van der Waals surface area contributed by atoms with E-state index < -0.39 is 0 Å². The van der Waals surface area contributed by atoms with Crippen LogP contribution in [0.25, 0.3) is 5.65 Å². The third kappa shape index (κ3) is 2.40. The number of halogens is 2. The van der Waals surface area contributed by atoms with Crippen LogP contribution in [0.2, 0.25) is 0 Å². The highest BCUT2D eigenvalue weighted by Crippen LogP contribution is 2.25. The summed E-state index contributed by atoms with van der Waals surface area (Å²) in [6, 6.07) is 4.56. The van der Waals surface area contributed by atoms with Gasteiger partial charge in [-0.2, -0.15) is 0 Å². The maximum Gasteiger partial charge on any atom is 0.180 e. The normalized spacial score (nSPS) is 10.8. The number of nitrogens with one attached hydrogen (secondary N) is 2. The zero-order valence-electron chi connectivity index (χ0n) is 10.6. The predicted octanol–water partition coefficient (Wildman–Crippen LogP) is 3.26. The van der Waals surface area contributed by atoms with Crippen molar-refractivity contribution in [3.63, 3.8) is 0 Å². The fourth-order valence-electron chi connectivity index (χ4n) is 1.85. The van der Waals surface area contributed by atoms with Crippen molar-refractivity contribution in [2.45, 2.75) is 0 Å². The van der Waals surface area contributed by atoms with Crippen molar-refractivity contribution in [1.29, 1.82) is 0 Å². The first-order valence-corrected chi connectivity index (χ1v) is 6.99. The van der Waals surface area contributed by atoms with E-state index in [1.54, 1.807) is 19.3 Å². The number of anilines is 3. The fraction of sp³-hybridized carbons (Fsp3) is 0.0769. The summed E-state index contributed by atoms with van der Waals surface area (Å²) in [7, 11) is 1.80. The second-order valence-corrected chi connectivity index (χ2v) is 5.29. The summed E-state index contributed by atoms with van der Waals surface area (Å²) in [5.74, 6) is 1.07. The monoisotopic (exact) mass is 383 g/mol. The molecule has 1 aromatic carbocycles. The number of rotatable bonds is 3. The molecule has 3 aromatic rings. The van der Waals surface area contributed by atoms with Gasteiger partial charge in [-0.3, -0.25) is 0 Å². The summed E-state index contributed by atoms with van der Waals surface area (Å²) in [6.07, 6.45) is 5.40. The summed E-state index contributed by atoms with van der Waals surface area (Å²) in [5.41, 5.74) is 1.50. The van der Waals surface area contributed by atoms with E-state index in [4.69, 9.17) is 0 Å². The molecule has 0 saturated heterocycles. The average Bonchev–Trinajstić information content (AvgIpc) is 2.90. The Morgan fingerprint density at radius 1 is 1.35 bits per heavy atom. The van der Waals surface area contributed by atoms with E-state index >= 15 is 0 Å². The van der Waals surface area contributed by atoms with E-state index in [1.165, 1.54) is 12.1 Å². The van der Waals surface area contributed by atoms with Crippen molar-refractivity contribution in [1.82, 2.24) is 14.4 Å². The number of nitrogens with zero attached hydrogens (tertiary/aromatic N) is 3. The number of imidazole rings is 1. The van der Waals surface area contributed by atoms with E-state index in [0.717, 1.165) is 15.1 Å². The molecule has 102 valence electrons. The van der Waals surface area contributed by atoms with Gasteiger partial charge in [0, 0.05) is 23.0 Å². The van der Waals surface area contributed by atoms with Crippen LogP contribution in [0.3, 0.4) is 0 Å². The Morgan fingerprint density at radius 3 is 2.95 bits per heavy atom. The summed E-state index contributed by atoms with van der Waals surface area (Å²) in [4.78, 5) is 8.72. The second kappa shape index (κ2) is 5.23. The highest BCUT2D eigenvalue weighted by molar-refractivity contribution is 14.1.